The lowest BCUT2D eigenvalue weighted by atomic mass is 9.98. The van der Waals surface area contributed by atoms with Crippen molar-refractivity contribution in [3.05, 3.63) is 29.8 Å². The minimum atomic E-state index is -4.64. The Morgan fingerprint density at radius 2 is 1.95 bits per heavy atom. The van der Waals surface area contributed by atoms with Crippen molar-refractivity contribution in [1.82, 2.24) is 4.90 Å². The van der Waals surface area contributed by atoms with Gasteiger partial charge in [-0.15, -0.1) is 13.2 Å². The smallest absolute Gasteiger partial charge is 0.406 e. The van der Waals surface area contributed by atoms with E-state index < -0.39 is 6.36 Å². The fraction of sp³-hybridized carbons (Fsp3) is 0.571. The van der Waals surface area contributed by atoms with Gasteiger partial charge in [0.15, 0.2) is 0 Å². The molecule has 6 heteroatoms. The van der Waals surface area contributed by atoms with Crippen LogP contribution in [0.3, 0.4) is 0 Å². The van der Waals surface area contributed by atoms with Crippen molar-refractivity contribution in [2.75, 3.05) is 19.6 Å². The highest BCUT2D eigenvalue weighted by molar-refractivity contribution is 5.27. The number of nitrogens with two attached hydrogens (primary N) is 1. The predicted molar refractivity (Wildman–Crippen MR) is 70.2 cm³/mol. The van der Waals surface area contributed by atoms with Gasteiger partial charge in [-0.25, -0.2) is 0 Å². The summed E-state index contributed by atoms with van der Waals surface area (Å²) in [6.45, 7) is 3.40. The van der Waals surface area contributed by atoms with Gasteiger partial charge in [-0.2, -0.15) is 0 Å². The van der Waals surface area contributed by atoms with E-state index >= 15 is 0 Å². The van der Waals surface area contributed by atoms with Gasteiger partial charge in [-0.3, -0.25) is 4.90 Å². The summed E-state index contributed by atoms with van der Waals surface area (Å²) >= 11 is 0. The normalized spacial score (nSPS) is 20.9. The quantitative estimate of drug-likeness (QED) is 0.926. The summed E-state index contributed by atoms with van der Waals surface area (Å²) in [5, 5.41) is 0. The number of alkyl halides is 3. The second-order valence-corrected chi connectivity index (χ2v) is 5.17. The zero-order valence-corrected chi connectivity index (χ0v) is 11.2. The first-order chi connectivity index (χ1) is 9.46. The molecule has 0 radical (unpaired) electrons. The van der Waals surface area contributed by atoms with Crippen molar-refractivity contribution in [3.8, 4) is 5.75 Å². The molecular formula is C14H19F3N2O. The Hall–Kier alpha value is -1.27. The Morgan fingerprint density at radius 3 is 2.55 bits per heavy atom. The zero-order valence-electron chi connectivity index (χ0n) is 11.2. The molecule has 1 heterocycles. The maximum Gasteiger partial charge on any atom is 0.573 e. The summed E-state index contributed by atoms with van der Waals surface area (Å²) in [4.78, 5) is 2.29. The number of halogens is 3. The van der Waals surface area contributed by atoms with E-state index in [-0.39, 0.29) is 5.75 Å². The van der Waals surface area contributed by atoms with E-state index in [1.165, 1.54) is 12.1 Å². The Bertz CT molecular complexity index is 419. The number of rotatable bonds is 4. The highest BCUT2D eigenvalue weighted by Crippen LogP contribution is 2.24. The minimum Gasteiger partial charge on any atom is -0.406 e. The lowest BCUT2D eigenvalue weighted by Gasteiger charge is -2.32. The Balaban J connectivity index is 1.90. The molecule has 1 fully saturated rings. The van der Waals surface area contributed by atoms with Gasteiger partial charge in [-0.05, 0) is 49.5 Å². The minimum absolute atomic E-state index is 0.181. The second-order valence-electron chi connectivity index (χ2n) is 5.17. The van der Waals surface area contributed by atoms with Crippen molar-refractivity contribution in [3.63, 3.8) is 0 Å². The largest absolute Gasteiger partial charge is 0.573 e. The van der Waals surface area contributed by atoms with Crippen LogP contribution in [0, 0.1) is 5.92 Å². The predicted octanol–water partition coefficient (Wildman–Crippen LogP) is 2.76. The number of ether oxygens (including phenoxy) is 1. The summed E-state index contributed by atoms with van der Waals surface area (Å²) in [6.07, 6.45) is -2.36. The third-order valence-corrected chi connectivity index (χ3v) is 3.50. The van der Waals surface area contributed by atoms with E-state index in [1.807, 2.05) is 0 Å². The number of benzene rings is 1. The molecule has 3 nitrogen and oxygen atoms in total. The molecule has 1 aliphatic rings. The summed E-state index contributed by atoms with van der Waals surface area (Å²) < 4.78 is 40.0. The molecule has 1 saturated heterocycles. The van der Waals surface area contributed by atoms with E-state index in [0.29, 0.717) is 12.5 Å². The number of likely N-dealkylation sites (tertiary alicyclic amines) is 1. The van der Waals surface area contributed by atoms with Crippen LogP contribution in [-0.4, -0.2) is 30.9 Å². The average Bonchev–Trinajstić information content (AvgIpc) is 2.40. The van der Waals surface area contributed by atoms with Gasteiger partial charge in [0.05, 0.1) is 0 Å². The van der Waals surface area contributed by atoms with Crippen LogP contribution in [-0.2, 0) is 6.54 Å². The molecule has 0 aliphatic carbocycles. The second kappa shape index (κ2) is 6.45. The van der Waals surface area contributed by atoms with Gasteiger partial charge >= 0.3 is 6.36 Å². The van der Waals surface area contributed by atoms with Crippen molar-refractivity contribution in [2.45, 2.75) is 25.7 Å². The molecule has 2 rings (SSSR count). The van der Waals surface area contributed by atoms with Crippen molar-refractivity contribution >= 4 is 0 Å². The van der Waals surface area contributed by atoms with Crippen LogP contribution in [0.25, 0.3) is 0 Å². The monoisotopic (exact) mass is 288 g/mol. The molecule has 1 aromatic carbocycles. The molecule has 0 bridgehead atoms. The van der Waals surface area contributed by atoms with Crippen molar-refractivity contribution < 1.29 is 17.9 Å². The molecule has 20 heavy (non-hydrogen) atoms. The topological polar surface area (TPSA) is 38.5 Å². The lowest BCUT2D eigenvalue weighted by Crippen LogP contribution is -2.37. The summed E-state index contributed by atoms with van der Waals surface area (Å²) in [5.74, 6) is 0.344. The summed E-state index contributed by atoms with van der Waals surface area (Å²) in [7, 11) is 0. The van der Waals surface area contributed by atoms with Gasteiger partial charge in [0.2, 0.25) is 0 Å². The Kier molecular flexibility index (Phi) is 4.88. The van der Waals surface area contributed by atoms with Gasteiger partial charge in [0, 0.05) is 13.1 Å². The first-order valence-electron chi connectivity index (χ1n) is 6.73. The third-order valence-electron chi connectivity index (χ3n) is 3.50. The van der Waals surface area contributed by atoms with E-state index in [0.717, 1.165) is 38.0 Å². The molecule has 1 unspecified atom stereocenters. The number of hydrogen-bond acceptors (Lipinski definition) is 3. The van der Waals surface area contributed by atoms with E-state index in [1.54, 1.807) is 12.1 Å². The fourth-order valence-corrected chi connectivity index (χ4v) is 2.54. The SMILES string of the molecule is NCC1CCCN(Cc2ccc(OC(F)(F)F)cc2)C1. The van der Waals surface area contributed by atoms with E-state index in [2.05, 4.69) is 9.64 Å². The van der Waals surface area contributed by atoms with Crippen LogP contribution in [0.4, 0.5) is 13.2 Å². The number of nitrogens with zero attached hydrogens (tertiary/aromatic N) is 1. The summed E-state index contributed by atoms with van der Waals surface area (Å²) in [6, 6.07) is 6.06. The van der Waals surface area contributed by atoms with Gasteiger partial charge in [-0.1, -0.05) is 12.1 Å². The maximum atomic E-state index is 12.1. The van der Waals surface area contributed by atoms with Gasteiger partial charge in [0.25, 0.3) is 0 Å². The van der Waals surface area contributed by atoms with Gasteiger partial charge < -0.3 is 10.5 Å². The average molecular weight is 288 g/mol. The van der Waals surface area contributed by atoms with Crippen LogP contribution in [0.15, 0.2) is 24.3 Å². The highest BCUT2D eigenvalue weighted by atomic mass is 19.4. The standard InChI is InChI=1S/C14H19F3N2O/c15-14(16,17)20-13-5-3-11(4-6-13)9-19-7-1-2-12(8-18)10-19/h3-6,12H,1-2,7-10,18H2. The Morgan fingerprint density at radius 1 is 1.25 bits per heavy atom. The lowest BCUT2D eigenvalue weighted by molar-refractivity contribution is -0.274. The molecule has 0 aromatic heterocycles. The molecule has 2 N–H and O–H groups in total. The van der Waals surface area contributed by atoms with E-state index in [4.69, 9.17) is 5.73 Å². The van der Waals surface area contributed by atoms with Crippen LogP contribution in [0.5, 0.6) is 5.75 Å². The van der Waals surface area contributed by atoms with Crippen molar-refractivity contribution in [1.29, 1.82) is 0 Å². The van der Waals surface area contributed by atoms with Crippen LogP contribution < -0.4 is 10.5 Å². The molecular weight excluding hydrogens is 269 g/mol. The first-order valence-corrected chi connectivity index (χ1v) is 6.73. The molecule has 112 valence electrons. The molecule has 1 aromatic rings. The third kappa shape index (κ3) is 4.68. The number of piperidine rings is 1. The number of hydrogen-bond donors (Lipinski definition) is 1. The molecule has 1 atom stereocenters. The molecule has 0 saturated carbocycles. The van der Waals surface area contributed by atoms with Gasteiger partial charge in [0.1, 0.15) is 5.75 Å². The summed E-state index contributed by atoms with van der Waals surface area (Å²) in [5.41, 5.74) is 6.67. The molecule has 0 amide bonds. The molecule has 0 spiro atoms. The fourth-order valence-electron chi connectivity index (χ4n) is 2.54. The Labute approximate surface area is 116 Å². The van der Waals surface area contributed by atoms with Crippen LogP contribution >= 0.6 is 0 Å². The van der Waals surface area contributed by atoms with Crippen LogP contribution in [0.2, 0.25) is 0 Å². The highest BCUT2D eigenvalue weighted by Gasteiger charge is 2.31. The van der Waals surface area contributed by atoms with E-state index in [9.17, 15) is 13.2 Å². The molecule has 1 aliphatic heterocycles. The van der Waals surface area contributed by atoms with Crippen molar-refractivity contribution in [2.24, 2.45) is 11.7 Å². The first kappa shape index (κ1) is 15.1. The van der Waals surface area contributed by atoms with Crippen LogP contribution in [0.1, 0.15) is 18.4 Å². The maximum absolute atomic E-state index is 12.1. The zero-order chi connectivity index (χ0) is 14.6.